The predicted molar refractivity (Wildman–Crippen MR) is 72.7 cm³/mol. The van der Waals surface area contributed by atoms with Crippen LogP contribution in [0.25, 0.3) is 11.1 Å². The second kappa shape index (κ2) is 5.36. The van der Waals surface area contributed by atoms with Crippen LogP contribution in [0.3, 0.4) is 0 Å². The van der Waals surface area contributed by atoms with Crippen molar-refractivity contribution in [3.63, 3.8) is 0 Å². The summed E-state index contributed by atoms with van der Waals surface area (Å²) in [6.07, 6.45) is -0.0463. The Morgan fingerprint density at radius 2 is 1.95 bits per heavy atom. The average Bonchev–Trinajstić information content (AvgIpc) is 2.39. The second-order valence-electron chi connectivity index (χ2n) is 4.37. The maximum atomic E-state index is 10.9. The Morgan fingerprint density at radius 1 is 1.21 bits per heavy atom. The lowest BCUT2D eigenvalue weighted by molar-refractivity contribution is -0.136. The van der Waals surface area contributed by atoms with Gasteiger partial charge in [0.05, 0.1) is 18.1 Å². The molecule has 94 valence electrons. The molecule has 3 nitrogen and oxygen atoms in total. The van der Waals surface area contributed by atoms with Crippen molar-refractivity contribution in [2.45, 2.75) is 13.3 Å². The molecule has 0 aliphatic heterocycles. The Hall–Kier alpha value is -2.60. The number of aryl methyl sites for hydroxylation is 1. The molecule has 0 heterocycles. The number of hydrogen-bond acceptors (Lipinski definition) is 2. The molecule has 19 heavy (non-hydrogen) atoms. The number of nitriles is 1. The standard InChI is InChI=1S/C16H13NO2/c1-11-4-2-3-5-14(11)15-8-12(10-17)6-7-13(15)9-16(18)19/h2-8H,9H2,1H3,(H,18,19). The fourth-order valence-corrected chi connectivity index (χ4v) is 2.09. The number of nitrogens with zero attached hydrogens (tertiary/aromatic N) is 1. The Labute approximate surface area is 111 Å². The Bertz CT molecular complexity index is 669. The predicted octanol–water partition coefficient (Wildman–Crippen LogP) is 3.16. The van der Waals surface area contributed by atoms with E-state index in [0.29, 0.717) is 5.56 Å². The molecule has 0 aromatic heterocycles. The molecular formula is C16H13NO2. The first kappa shape index (κ1) is 12.8. The molecule has 0 radical (unpaired) electrons. The minimum Gasteiger partial charge on any atom is -0.481 e. The van der Waals surface area contributed by atoms with Crippen molar-refractivity contribution in [2.24, 2.45) is 0 Å². The lowest BCUT2D eigenvalue weighted by Crippen LogP contribution is -2.02. The third-order valence-electron chi connectivity index (χ3n) is 3.02. The Kier molecular flexibility index (Phi) is 3.63. The first-order valence-electron chi connectivity index (χ1n) is 5.92. The van der Waals surface area contributed by atoms with E-state index in [1.165, 1.54) is 0 Å². The van der Waals surface area contributed by atoms with E-state index >= 15 is 0 Å². The Morgan fingerprint density at radius 3 is 2.58 bits per heavy atom. The molecule has 0 aliphatic rings. The van der Waals surface area contributed by atoms with Crippen LogP contribution in [0.1, 0.15) is 16.7 Å². The van der Waals surface area contributed by atoms with E-state index in [2.05, 4.69) is 6.07 Å². The van der Waals surface area contributed by atoms with E-state index in [9.17, 15) is 4.79 Å². The van der Waals surface area contributed by atoms with E-state index in [0.717, 1.165) is 22.3 Å². The number of carboxylic acids is 1. The van der Waals surface area contributed by atoms with Crippen LogP contribution in [0.5, 0.6) is 0 Å². The summed E-state index contributed by atoms with van der Waals surface area (Å²) >= 11 is 0. The summed E-state index contributed by atoms with van der Waals surface area (Å²) < 4.78 is 0. The first-order valence-corrected chi connectivity index (χ1v) is 5.92. The van der Waals surface area contributed by atoms with Gasteiger partial charge in [-0.1, -0.05) is 30.3 Å². The van der Waals surface area contributed by atoms with Crippen LogP contribution in [0, 0.1) is 18.3 Å². The molecule has 0 unspecified atom stereocenters. The van der Waals surface area contributed by atoms with Crippen LogP contribution in [0.15, 0.2) is 42.5 Å². The highest BCUT2D eigenvalue weighted by Crippen LogP contribution is 2.28. The molecule has 0 spiro atoms. The van der Waals surface area contributed by atoms with Crippen molar-refractivity contribution in [1.82, 2.24) is 0 Å². The van der Waals surface area contributed by atoms with Gasteiger partial charge in [0.1, 0.15) is 0 Å². The molecule has 2 rings (SSSR count). The van der Waals surface area contributed by atoms with Gasteiger partial charge in [0.25, 0.3) is 0 Å². The summed E-state index contributed by atoms with van der Waals surface area (Å²) in [5.74, 6) is -0.875. The van der Waals surface area contributed by atoms with Crippen molar-refractivity contribution in [3.05, 3.63) is 59.2 Å². The molecule has 0 bridgehead atoms. The molecule has 3 heteroatoms. The number of carbonyl (C=O) groups is 1. The van der Waals surface area contributed by atoms with E-state index in [1.54, 1.807) is 18.2 Å². The van der Waals surface area contributed by atoms with Gasteiger partial charge in [-0.2, -0.15) is 5.26 Å². The molecule has 0 fully saturated rings. The first-order chi connectivity index (χ1) is 9.11. The molecular weight excluding hydrogens is 238 g/mol. The van der Waals surface area contributed by atoms with Gasteiger partial charge in [-0.05, 0) is 41.3 Å². The zero-order chi connectivity index (χ0) is 13.8. The van der Waals surface area contributed by atoms with Gasteiger partial charge in [0, 0.05) is 0 Å². The van der Waals surface area contributed by atoms with Crippen molar-refractivity contribution in [2.75, 3.05) is 0 Å². The van der Waals surface area contributed by atoms with Gasteiger partial charge in [-0.25, -0.2) is 0 Å². The zero-order valence-corrected chi connectivity index (χ0v) is 10.6. The largest absolute Gasteiger partial charge is 0.481 e. The summed E-state index contributed by atoms with van der Waals surface area (Å²) in [7, 11) is 0. The molecule has 0 saturated carbocycles. The van der Waals surface area contributed by atoms with Gasteiger partial charge >= 0.3 is 5.97 Å². The topological polar surface area (TPSA) is 61.1 Å². The van der Waals surface area contributed by atoms with Crippen LogP contribution in [-0.2, 0) is 11.2 Å². The van der Waals surface area contributed by atoms with Crippen molar-refractivity contribution in [3.8, 4) is 17.2 Å². The highest BCUT2D eigenvalue weighted by molar-refractivity contribution is 5.78. The number of rotatable bonds is 3. The van der Waals surface area contributed by atoms with E-state index in [1.807, 2.05) is 31.2 Å². The monoisotopic (exact) mass is 251 g/mol. The minimum atomic E-state index is -0.875. The second-order valence-corrected chi connectivity index (χ2v) is 4.37. The van der Waals surface area contributed by atoms with E-state index in [4.69, 9.17) is 10.4 Å². The number of hydrogen-bond donors (Lipinski definition) is 1. The average molecular weight is 251 g/mol. The molecule has 2 aromatic carbocycles. The van der Waals surface area contributed by atoms with Gasteiger partial charge in [0.2, 0.25) is 0 Å². The quantitative estimate of drug-likeness (QED) is 0.911. The summed E-state index contributed by atoms with van der Waals surface area (Å²) in [4.78, 5) is 10.9. The third kappa shape index (κ3) is 2.80. The summed E-state index contributed by atoms with van der Waals surface area (Å²) in [5.41, 5.74) is 4.10. The van der Waals surface area contributed by atoms with Gasteiger partial charge < -0.3 is 5.11 Å². The highest BCUT2D eigenvalue weighted by Gasteiger charge is 2.11. The molecule has 0 atom stereocenters. The molecule has 0 aliphatic carbocycles. The normalized spacial score (nSPS) is 9.89. The zero-order valence-electron chi connectivity index (χ0n) is 10.6. The SMILES string of the molecule is Cc1ccccc1-c1cc(C#N)ccc1CC(=O)O. The minimum absolute atomic E-state index is 0.0463. The highest BCUT2D eigenvalue weighted by atomic mass is 16.4. The third-order valence-corrected chi connectivity index (χ3v) is 3.02. The van der Waals surface area contributed by atoms with Crippen LogP contribution in [-0.4, -0.2) is 11.1 Å². The maximum Gasteiger partial charge on any atom is 0.307 e. The van der Waals surface area contributed by atoms with E-state index < -0.39 is 5.97 Å². The summed E-state index contributed by atoms with van der Waals surface area (Å²) in [6, 6.07) is 15.0. The molecule has 1 N–H and O–H groups in total. The van der Waals surface area contributed by atoms with Crippen molar-refractivity contribution < 1.29 is 9.90 Å². The number of aliphatic carboxylic acids is 1. The van der Waals surface area contributed by atoms with Crippen LogP contribution < -0.4 is 0 Å². The fraction of sp³-hybridized carbons (Fsp3) is 0.125. The van der Waals surface area contributed by atoms with Gasteiger partial charge in [0.15, 0.2) is 0 Å². The summed E-state index contributed by atoms with van der Waals surface area (Å²) in [5, 5.41) is 18.0. The molecule has 0 amide bonds. The fourth-order valence-electron chi connectivity index (χ4n) is 2.09. The van der Waals surface area contributed by atoms with Gasteiger partial charge in [-0.15, -0.1) is 0 Å². The van der Waals surface area contributed by atoms with Crippen LogP contribution in [0.2, 0.25) is 0 Å². The van der Waals surface area contributed by atoms with E-state index in [-0.39, 0.29) is 6.42 Å². The maximum absolute atomic E-state index is 10.9. The molecule has 0 saturated heterocycles. The summed E-state index contributed by atoms with van der Waals surface area (Å²) in [6.45, 7) is 1.97. The lowest BCUT2D eigenvalue weighted by atomic mass is 9.93. The Balaban J connectivity index is 2.62. The number of carboxylic acid groups (broad SMARTS) is 1. The van der Waals surface area contributed by atoms with Gasteiger partial charge in [-0.3, -0.25) is 4.79 Å². The van der Waals surface area contributed by atoms with Crippen molar-refractivity contribution >= 4 is 5.97 Å². The number of benzene rings is 2. The molecule has 2 aromatic rings. The lowest BCUT2D eigenvalue weighted by Gasteiger charge is -2.11. The smallest absolute Gasteiger partial charge is 0.307 e. The van der Waals surface area contributed by atoms with Crippen LogP contribution in [0.4, 0.5) is 0 Å². The van der Waals surface area contributed by atoms with Crippen molar-refractivity contribution in [1.29, 1.82) is 5.26 Å². The van der Waals surface area contributed by atoms with Crippen LogP contribution >= 0.6 is 0 Å².